The first-order valence-corrected chi connectivity index (χ1v) is 5.86. The molecule has 90 valence electrons. The Morgan fingerprint density at radius 3 is 2.65 bits per heavy atom. The van der Waals surface area contributed by atoms with Crippen molar-refractivity contribution in [3.63, 3.8) is 0 Å². The van der Waals surface area contributed by atoms with Gasteiger partial charge in [0, 0.05) is 31.4 Å². The van der Waals surface area contributed by atoms with Crippen LogP contribution in [0, 0.1) is 0 Å². The maximum absolute atomic E-state index is 4.38. The zero-order valence-corrected chi connectivity index (χ0v) is 10.4. The quantitative estimate of drug-likeness (QED) is 0.872. The normalized spacial score (nSPS) is 10.5. The Morgan fingerprint density at radius 2 is 2.00 bits per heavy atom. The molecule has 5 nitrogen and oxygen atoms in total. The van der Waals surface area contributed by atoms with Crippen LogP contribution in [0.5, 0.6) is 0 Å². The van der Waals surface area contributed by atoms with E-state index >= 15 is 0 Å². The number of aromatic nitrogens is 4. The summed E-state index contributed by atoms with van der Waals surface area (Å²) in [6.07, 6.45) is 7.10. The molecule has 1 N–H and O–H groups in total. The maximum atomic E-state index is 4.38. The van der Waals surface area contributed by atoms with Crippen LogP contribution in [0.2, 0.25) is 0 Å². The second-order valence-corrected chi connectivity index (χ2v) is 3.70. The molecule has 0 amide bonds. The third kappa shape index (κ3) is 2.00. The summed E-state index contributed by atoms with van der Waals surface area (Å²) < 4.78 is 2.03. The Balaban J connectivity index is 2.59. The van der Waals surface area contributed by atoms with Crippen molar-refractivity contribution in [2.75, 3.05) is 12.4 Å². The predicted octanol–water partition coefficient (Wildman–Crippen LogP) is 1.83. The number of nitrogens with zero attached hydrogens (tertiary/aromatic N) is 4. The minimum absolute atomic E-state index is 0.883. The topological polar surface area (TPSA) is 55.6 Å². The van der Waals surface area contributed by atoms with E-state index in [1.54, 1.807) is 12.5 Å². The SMILES string of the molecule is CCc1c(NC)ncnc1-n1ccnc1CC. The van der Waals surface area contributed by atoms with Crippen molar-refractivity contribution in [1.29, 1.82) is 0 Å². The standard InChI is InChI=1S/C12H17N5/c1-4-9-11(13-3)15-8-16-12(9)17-7-6-14-10(17)5-2/h6-8H,4-5H2,1-3H3,(H,13,15,16). The van der Waals surface area contributed by atoms with Crippen molar-refractivity contribution >= 4 is 5.82 Å². The highest BCUT2D eigenvalue weighted by Crippen LogP contribution is 2.20. The van der Waals surface area contributed by atoms with E-state index in [1.807, 2.05) is 17.8 Å². The second-order valence-electron chi connectivity index (χ2n) is 3.70. The smallest absolute Gasteiger partial charge is 0.146 e. The molecule has 0 atom stereocenters. The van der Waals surface area contributed by atoms with E-state index in [-0.39, 0.29) is 0 Å². The Hall–Kier alpha value is -1.91. The van der Waals surface area contributed by atoms with Crippen LogP contribution in [0.25, 0.3) is 5.82 Å². The number of aryl methyl sites for hydroxylation is 1. The summed E-state index contributed by atoms with van der Waals surface area (Å²) in [6, 6.07) is 0. The van der Waals surface area contributed by atoms with Gasteiger partial charge < -0.3 is 5.32 Å². The molecule has 0 aliphatic rings. The fraction of sp³-hybridized carbons (Fsp3) is 0.417. The van der Waals surface area contributed by atoms with Crippen LogP contribution in [0.1, 0.15) is 25.2 Å². The summed E-state index contributed by atoms with van der Waals surface area (Å²) in [5, 5.41) is 3.10. The molecule has 0 unspecified atom stereocenters. The van der Waals surface area contributed by atoms with E-state index in [1.165, 1.54) is 0 Å². The molecule has 0 radical (unpaired) electrons. The van der Waals surface area contributed by atoms with Crippen molar-refractivity contribution in [3.8, 4) is 5.82 Å². The van der Waals surface area contributed by atoms with Crippen molar-refractivity contribution in [3.05, 3.63) is 30.1 Å². The van der Waals surface area contributed by atoms with Gasteiger partial charge in [-0.1, -0.05) is 13.8 Å². The van der Waals surface area contributed by atoms with Crippen molar-refractivity contribution < 1.29 is 0 Å². The number of hydrogen-bond acceptors (Lipinski definition) is 4. The molecule has 5 heteroatoms. The summed E-state index contributed by atoms with van der Waals surface area (Å²) in [6.45, 7) is 4.19. The molecule has 0 saturated heterocycles. The number of hydrogen-bond donors (Lipinski definition) is 1. The third-order valence-corrected chi connectivity index (χ3v) is 2.77. The van der Waals surface area contributed by atoms with Gasteiger partial charge in [-0.3, -0.25) is 4.57 Å². The highest BCUT2D eigenvalue weighted by molar-refractivity contribution is 5.51. The molecule has 2 heterocycles. The number of rotatable bonds is 4. The molecule has 0 aliphatic carbocycles. The fourth-order valence-electron chi connectivity index (χ4n) is 1.94. The zero-order valence-electron chi connectivity index (χ0n) is 10.4. The van der Waals surface area contributed by atoms with Crippen LogP contribution in [0.15, 0.2) is 18.7 Å². The van der Waals surface area contributed by atoms with E-state index in [2.05, 4.69) is 34.1 Å². The van der Waals surface area contributed by atoms with Gasteiger partial charge >= 0.3 is 0 Å². The first-order chi connectivity index (χ1) is 8.31. The average molecular weight is 231 g/mol. The summed E-state index contributed by atoms with van der Waals surface area (Å²) >= 11 is 0. The molecular formula is C12H17N5. The predicted molar refractivity (Wildman–Crippen MR) is 67.5 cm³/mol. The Labute approximate surface area is 101 Å². The lowest BCUT2D eigenvalue weighted by Crippen LogP contribution is -2.09. The van der Waals surface area contributed by atoms with Gasteiger partial charge in [-0.25, -0.2) is 15.0 Å². The lowest BCUT2D eigenvalue weighted by atomic mass is 10.2. The molecule has 0 bridgehead atoms. The van der Waals surface area contributed by atoms with Crippen LogP contribution in [0.4, 0.5) is 5.82 Å². The highest BCUT2D eigenvalue weighted by Gasteiger charge is 2.12. The summed E-state index contributed by atoms with van der Waals surface area (Å²) in [5.41, 5.74) is 1.11. The fourth-order valence-corrected chi connectivity index (χ4v) is 1.94. The maximum Gasteiger partial charge on any atom is 0.146 e. The summed E-state index contributed by atoms with van der Waals surface area (Å²) in [5.74, 6) is 2.81. The van der Waals surface area contributed by atoms with Crippen molar-refractivity contribution in [1.82, 2.24) is 19.5 Å². The number of nitrogens with one attached hydrogen (secondary N) is 1. The average Bonchev–Trinajstić information content (AvgIpc) is 2.85. The van der Waals surface area contributed by atoms with Crippen LogP contribution in [-0.2, 0) is 12.8 Å². The molecular weight excluding hydrogens is 214 g/mol. The summed E-state index contributed by atoms with van der Waals surface area (Å²) in [7, 11) is 1.87. The van der Waals surface area contributed by atoms with Crippen molar-refractivity contribution in [2.45, 2.75) is 26.7 Å². The van der Waals surface area contributed by atoms with Gasteiger partial charge in [0.25, 0.3) is 0 Å². The number of anilines is 1. The molecule has 2 aromatic rings. The zero-order chi connectivity index (χ0) is 12.3. The van der Waals surface area contributed by atoms with E-state index in [9.17, 15) is 0 Å². The third-order valence-electron chi connectivity index (χ3n) is 2.77. The van der Waals surface area contributed by atoms with Crippen LogP contribution in [-0.4, -0.2) is 26.6 Å². The van der Waals surface area contributed by atoms with Gasteiger partial charge in [0.15, 0.2) is 0 Å². The Bertz CT molecular complexity index is 503. The van der Waals surface area contributed by atoms with Gasteiger partial charge in [-0.2, -0.15) is 0 Å². The molecule has 0 saturated carbocycles. The van der Waals surface area contributed by atoms with Crippen LogP contribution in [0.3, 0.4) is 0 Å². The first kappa shape index (κ1) is 11.6. The highest BCUT2D eigenvalue weighted by atomic mass is 15.1. The van der Waals surface area contributed by atoms with E-state index in [0.717, 1.165) is 35.9 Å². The molecule has 2 aromatic heterocycles. The van der Waals surface area contributed by atoms with Gasteiger partial charge in [0.2, 0.25) is 0 Å². The summed E-state index contributed by atoms with van der Waals surface area (Å²) in [4.78, 5) is 12.9. The van der Waals surface area contributed by atoms with E-state index in [4.69, 9.17) is 0 Å². The first-order valence-electron chi connectivity index (χ1n) is 5.86. The molecule has 0 aliphatic heterocycles. The minimum atomic E-state index is 0.883. The Morgan fingerprint density at radius 1 is 1.18 bits per heavy atom. The molecule has 2 rings (SSSR count). The monoisotopic (exact) mass is 231 g/mol. The molecule has 17 heavy (non-hydrogen) atoms. The van der Waals surface area contributed by atoms with Gasteiger partial charge in [0.05, 0.1) is 0 Å². The van der Waals surface area contributed by atoms with Crippen LogP contribution >= 0.6 is 0 Å². The van der Waals surface area contributed by atoms with E-state index < -0.39 is 0 Å². The van der Waals surface area contributed by atoms with Gasteiger partial charge in [-0.05, 0) is 6.42 Å². The van der Waals surface area contributed by atoms with Gasteiger partial charge in [0.1, 0.15) is 23.8 Å². The Kier molecular flexibility index (Phi) is 3.37. The largest absolute Gasteiger partial charge is 0.373 e. The molecule has 0 fully saturated rings. The van der Waals surface area contributed by atoms with Crippen LogP contribution < -0.4 is 5.32 Å². The lowest BCUT2D eigenvalue weighted by molar-refractivity contribution is 0.843. The van der Waals surface area contributed by atoms with Gasteiger partial charge in [-0.15, -0.1) is 0 Å². The number of imidazole rings is 1. The minimum Gasteiger partial charge on any atom is -0.373 e. The molecule has 0 spiro atoms. The van der Waals surface area contributed by atoms with Crippen molar-refractivity contribution in [2.24, 2.45) is 0 Å². The lowest BCUT2D eigenvalue weighted by Gasteiger charge is -2.13. The second kappa shape index (κ2) is 4.95. The van der Waals surface area contributed by atoms with E-state index in [0.29, 0.717) is 0 Å². The molecule has 0 aromatic carbocycles.